The van der Waals surface area contributed by atoms with Gasteiger partial charge in [-0.05, 0) is 36.2 Å². The first-order valence-corrected chi connectivity index (χ1v) is 9.46. The molecule has 0 aliphatic carbocycles. The molecule has 6 nitrogen and oxygen atoms in total. The molecule has 9 heteroatoms. The Morgan fingerprint density at radius 2 is 1.90 bits per heavy atom. The predicted molar refractivity (Wildman–Crippen MR) is 108 cm³/mol. The third kappa shape index (κ3) is 5.48. The average Bonchev–Trinajstić information content (AvgIpc) is 2.73. The zero-order valence-corrected chi connectivity index (χ0v) is 16.7. The molecular formula is C22H19F3N4O2. The van der Waals surface area contributed by atoms with Crippen molar-refractivity contribution in [3.05, 3.63) is 75.8 Å². The Hall–Kier alpha value is -3.67. The lowest BCUT2D eigenvalue weighted by atomic mass is 10.1. The fourth-order valence-electron chi connectivity index (χ4n) is 3.22. The monoisotopic (exact) mass is 428 g/mol. The first-order valence-electron chi connectivity index (χ1n) is 9.46. The van der Waals surface area contributed by atoms with E-state index in [4.69, 9.17) is 5.26 Å². The lowest BCUT2D eigenvalue weighted by Crippen LogP contribution is -2.39. The molecule has 31 heavy (non-hydrogen) atoms. The Morgan fingerprint density at radius 3 is 2.55 bits per heavy atom. The minimum atomic E-state index is -4.57. The van der Waals surface area contributed by atoms with Gasteiger partial charge in [-0.2, -0.15) is 18.4 Å². The number of amides is 1. The van der Waals surface area contributed by atoms with Crippen LogP contribution in [0.2, 0.25) is 0 Å². The topological polar surface area (TPSA) is 79.0 Å². The number of aryl methyl sites for hydroxylation is 2. The molecule has 2 aromatic carbocycles. The minimum Gasteiger partial charge on any atom is -0.329 e. The van der Waals surface area contributed by atoms with Gasteiger partial charge in [0.15, 0.2) is 0 Å². The summed E-state index contributed by atoms with van der Waals surface area (Å²) in [6.07, 6.45) is -3.55. The molecule has 160 valence electrons. The van der Waals surface area contributed by atoms with Gasteiger partial charge in [0.05, 0.1) is 28.9 Å². The summed E-state index contributed by atoms with van der Waals surface area (Å²) in [5.74, 6) is -0.738. The zero-order chi connectivity index (χ0) is 22.6. The van der Waals surface area contributed by atoms with Crippen LogP contribution in [0, 0.1) is 18.3 Å². The second-order valence-electron chi connectivity index (χ2n) is 7.14. The molecule has 0 aliphatic rings. The molecule has 3 aromatic rings. The van der Waals surface area contributed by atoms with Crippen molar-refractivity contribution in [2.75, 3.05) is 6.54 Å². The molecular weight excluding hydrogens is 409 g/mol. The second kappa shape index (κ2) is 9.00. The van der Waals surface area contributed by atoms with Crippen molar-refractivity contribution >= 4 is 16.8 Å². The van der Waals surface area contributed by atoms with Crippen molar-refractivity contribution in [3.8, 4) is 6.07 Å². The van der Waals surface area contributed by atoms with E-state index in [1.165, 1.54) is 35.2 Å². The van der Waals surface area contributed by atoms with Crippen LogP contribution in [0.3, 0.4) is 0 Å². The maximum Gasteiger partial charge on any atom is 0.406 e. The Labute approximate surface area is 176 Å². The van der Waals surface area contributed by atoms with Gasteiger partial charge in [-0.25, -0.2) is 4.98 Å². The van der Waals surface area contributed by atoms with Crippen LogP contribution >= 0.6 is 0 Å². The Kier molecular flexibility index (Phi) is 6.39. The summed E-state index contributed by atoms with van der Waals surface area (Å²) in [7, 11) is 0. The van der Waals surface area contributed by atoms with Gasteiger partial charge in [-0.3, -0.25) is 14.2 Å². The van der Waals surface area contributed by atoms with Crippen molar-refractivity contribution in [2.24, 2.45) is 0 Å². The molecule has 1 aromatic heterocycles. The molecule has 0 N–H and O–H groups in total. The van der Waals surface area contributed by atoms with E-state index in [1.54, 1.807) is 12.1 Å². The molecule has 0 bridgehead atoms. The first kappa shape index (κ1) is 22.0. The van der Waals surface area contributed by atoms with Crippen LogP contribution in [0.1, 0.15) is 23.1 Å². The molecule has 0 aliphatic heterocycles. The van der Waals surface area contributed by atoms with E-state index in [0.29, 0.717) is 26.9 Å². The number of nitrogens with zero attached hydrogens (tertiary/aromatic N) is 4. The van der Waals surface area contributed by atoms with Gasteiger partial charge in [0.1, 0.15) is 6.54 Å². The number of carbonyl (C=O) groups excluding carboxylic acids is 1. The van der Waals surface area contributed by atoms with Crippen molar-refractivity contribution in [3.63, 3.8) is 0 Å². The summed E-state index contributed by atoms with van der Waals surface area (Å²) in [4.78, 5) is 30.2. The molecule has 1 amide bonds. The van der Waals surface area contributed by atoms with Crippen molar-refractivity contribution < 1.29 is 18.0 Å². The molecule has 0 saturated carbocycles. The number of carbonyl (C=O) groups is 1. The molecule has 0 atom stereocenters. The van der Waals surface area contributed by atoms with E-state index in [0.717, 1.165) is 5.56 Å². The summed E-state index contributed by atoms with van der Waals surface area (Å²) < 4.78 is 40.3. The number of halogens is 3. The lowest BCUT2D eigenvalue weighted by Gasteiger charge is -2.24. The number of fused-ring (bicyclic) bond motifs is 1. The molecule has 0 spiro atoms. The van der Waals surface area contributed by atoms with Gasteiger partial charge in [-0.1, -0.05) is 24.3 Å². The number of benzene rings is 2. The number of nitriles is 1. The van der Waals surface area contributed by atoms with Crippen LogP contribution in [-0.4, -0.2) is 33.1 Å². The Bertz CT molecular complexity index is 1190. The van der Waals surface area contributed by atoms with E-state index in [-0.39, 0.29) is 25.1 Å². The number of alkyl halides is 3. The van der Waals surface area contributed by atoms with Crippen LogP contribution < -0.4 is 5.56 Å². The smallest absolute Gasteiger partial charge is 0.329 e. The van der Waals surface area contributed by atoms with Crippen molar-refractivity contribution in [1.29, 1.82) is 5.26 Å². The summed E-state index contributed by atoms with van der Waals surface area (Å²) in [6, 6.07) is 13.1. The largest absolute Gasteiger partial charge is 0.406 e. The quantitative estimate of drug-likeness (QED) is 0.602. The Balaban J connectivity index is 1.77. The standard InChI is InChI=1S/C22H19F3N4O2/c1-15-3-2-4-18-20(15)27-14-28(21(18)31)10-9-19(30)29(13-22(23,24)25)12-17-7-5-16(11-26)6-8-17/h2-8,14H,9-10,12-13H2,1H3. The highest BCUT2D eigenvalue weighted by Crippen LogP contribution is 2.19. The second-order valence-corrected chi connectivity index (χ2v) is 7.14. The van der Waals surface area contributed by atoms with E-state index >= 15 is 0 Å². The number of para-hydroxylation sites is 1. The van der Waals surface area contributed by atoms with Gasteiger partial charge < -0.3 is 4.90 Å². The lowest BCUT2D eigenvalue weighted by molar-refractivity contribution is -0.162. The van der Waals surface area contributed by atoms with Crippen LogP contribution in [-0.2, 0) is 17.9 Å². The van der Waals surface area contributed by atoms with Crippen LogP contribution in [0.4, 0.5) is 13.2 Å². The fraction of sp³-hybridized carbons (Fsp3) is 0.273. The van der Waals surface area contributed by atoms with Gasteiger partial charge in [-0.15, -0.1) is 0 Å². The van der Waals surface area contributed by atoms with Gasteiger partial charge in [0.2, 0.25) is 5.91 Å². The van der Waals surface area contributed by atoms with E-state index in [2.05, 4.69) is 4.98 Å². The molecule has 0 saturated heterocycles. The number of rotatable bonds is 6. The Morgan fingerprint density at radius 1 is 1.19 bits per heavy atom. The minimum absolute atomic E-state index is 0.0870. The zero-order valence-electron chi connectivity index (χ0n) is 16.7. The number of aromatic nitrogens is 2. The first-order chi connectivity index (χ1) is 14.7. The molecule has 3 rings (SSSR count). The normalized spacial score (nSPS) is 11.3. The van der Waals surface area contributed by atoms with Gasteiger partial charge in [0.25, 0.3) is 5.56 Å². The predicted octanol–water partition coefficient (Wildman–Crippen LogP) is 3.56. The number of hydrogen-bond acceptors (Lipinski definition) is 4. The maximum absolute atomic E-state index is 13.0. The number of hydrogen-bond donors (Lipinski definition) is 0. The van der Waals surface area contributed by atoms with E-state index in [9.17, 15) is 22.8 Å². The fourth-order valence-corrected chi connectivity index (χ4v) is 3.22. The van der Waals surface area contributed by atoms with Crippen molar-refractivity contribution in [1.82, 2.24) is 14.5 Å². The molecule has 0 fully saturated rings. The summed E-state index contributed by atoms with van der Waals surface area (Å²) in [6.45, 7) is 0.0705. The highest BCUT2D eigenvalue weighted by atomic mass is 19.4. The molecule has 0 radical (unpaired) electrons. The van der Waals surface area contributed by atoms with Gasteiger partial charge in [0, 0.05) is 19.5 Å². The summed E-state index contributed by atoms with van der Waals surface area (Å²) >= 11 is 0. The third-order valence-corrected chi connectivity index (χ3v) is 4.80. The van der Waals surface area contributed by atoms with Crippen LogP contribution in [0.5, 0.6) is 0 Å². The highest BCUT2D eigenvalue weighted by Gasteiger charge is 2.33. The average molecular weight is 428 g/mol. The highest BCUT2D eigenvalue weighted by molar-refractivity contribution is 5.80. The summed E-state index contributed by atoms with van der Waals surface area (Å²) in [5.41, 5.74) is 1.87. The van der Waals surface area contributed by atoms with E-state index in [1.807, 2.05) is 19.1 Å². The van der Waals surface area contributed by atoms with E-state index < -0.39 is 18.6 Å². The SMILES string of the molecule is Cc1cccc2c(=O)n(CCC(=O)N(Cc3ccc(C#N)cc3)CC(F)(F)F)cnc12. The van der Waals surface area contributed by atoms with Crippen molar-refractivity contribution in [2.45, 2.75) is 32.6 Å². The van der Waals surface area contributed by atoms with Gasteiger partial charge >= 0.3 is 6.18 Å². The molecule has 0 unspecified atom stereocenters. The third-order valence-electron chi connectivity index (χ3n) is 4.80. The van der Waals surface area contributed by atoms with Crippen LogP contribution in [0.15, 0.2) is 53.6 Å². The molecule has 1 heterocycles. The van der Waals surface area contributed by atoms with Crippen LogP contribution in [0.25, 0.3) is 10.9 Å². The maximum atomic E-state index is 13.0. The summed E-state index contributed by atoms with van der Waals surface area (Å²) in [5, 5.41) is 9.23.